The molecule has 1 aromatic carbocycles. The van der Waals surface area contributed by atoms with E-state index in [1.54, 1.807) is 6.92 Å². The summed E-state index contributed by atoms with van der Waals surface area (Å²) in [4.78, 5) is 11.1. The molecule has 0 aliphatic heterocycles. The lowest BCUT2D eigenvalue weighted by Gasteiger charge is -2.07. The normalized spacial score (nSPS) is 11.5. The molecule has 0 atom stereocenters. The number of carbonyl (C=O) groups excluding carboxylic acids is 1. The van der Waals surface area contributed by atoms with E-state index in [0.717, 1.165) is 12.1 Å². The molecule has 1 rings (SSSR count). The van der Waals surface area contributed by atoms with Gasteiger partial charge in [-0.2, -0.15) is 13.2 Å². The largest absolute Gasteiger partial charge is 0.416 e. The van der Waals surface area contributed by atoms with Crippen molar-refractivity contribution in [2.45, 2.75) is 25.9 Å². The Balaban J connectivity index is 2.88. The molecule has 82 valence electrons. The van der Waals surface area contributed by atoms with Crippen molar-refractivity contribution in [2.24, 2.45) is 0 Å². The van der Waals surface area contributed by atoms with E-state index < -0.39 is 11.7 Å². The fraction of sp³-hybridized carbons (Fsp3) is 0.364. The van der Waals surface area contributed by atoms with Gasteiger partial charge in [-0.1, -0.05) is 25.1 Å². The Labute approximate surface area is 85.9 Å². The topological polar surface area (TPSA) is 17.1 Å². The molecule has 15 heavy (non-hydrogen) atoms. The lowest BCUT2D eigenvalue weighted by molar-refractivity contribution is -0.137. The molecule has 1 aromatic rings. The number of halogens is 3. The molecule has 0 aliphatic carbocycles. The van der Waals surface area contributed by atoms with E-state index >= 15 is 0 Å². The molecule has 0 aromatic heterocycles. The van der Waals surface area contributed by atoms with Crippen LogP contribution >= 0.6 is 0 Å². The molecule has 0 radical (unpaired) electrons. The second kappa shape index (κ2) is 4.47. The number of hydrogen-bond donors (Lipinski definition) is 0. The van der Waals surface area contributed by atoms with Crippen LogP contribution in [0.15, 0.2) is 24.3 Å². The van der Waals surface area contributed by atoms with Crippen LogP contribution in [0.2, 0.25) is 0 Å². The van der Waals surface area contributed by atoms with Crippen LogP contribution in [0.4, 0.5) is 13.2 Å². The third-order valence-electron chi connectivity index (χ3n) is 2.05. The summed E-state index contributed by atoms with van der Waals surface area (Å²) in [6, 6.07) is 4.87. The Morgan fingerprint density at radius 3 is 2.53 bits per heavy atom. The van der Waals surface area contributed by atoms with Crippen LogP contribution in [0, 0.1) is 0 Å². The van der Waals surface area contributed by atoms with Crippen molar-refractivity contribution in [1.29, 1.82) is 0 Å². The van der Waals surface area contributed by atoms with Crippen molar-refractivity contribution in [3.8, 4) is 0 Å². The van der Waals surface area contributed by atoms with E-state index in [0.29, 0.717) is 12.0 Å². The number of rotatable bonds is 3. The molecular weight excluding hydrogens is 205 g/mol. The number of benzene rings is 1. The van der Waals surface area contributed by atoms with Crippen LogP contribution < -0.4 is 0 Å². The van der Waals surface area contributed by atoms with Crippen molar-refractivity contribution < 1.29 is 18.0 Å². The molecule has 0 aliphatic rings. The maximum Gasteiger partial charge on any atom is 0.416 e. The van der Waals surface area contributed by atoms with Crippen molar-refractivity contribution in [3.05, 3.63) is 35.4 Å². The van der Waals surface area contributed by atoms with E-state index in [4.69, 9.17) is 0 Å². The Hall–Kier alpha value is -1.32. The van der Waals surface area contributed by atoms with Crippen molar-refractivity contribution >= 4 is 5.78 Å². The summed E-state index contributed by atoms with van der Waals surface area (Å²) in [5.74, 6) is -0.0608. The minimum absolute atomic E-state index is 0.0608. The van der Waals surface area contributed by atoms with Crippen LogP contribution in [0.5, 0.6) is 0 Å². The summed E-state index contributed by atoms with van der Waals surface area (Å²) in [5.41, 5.74) is -0.291. The molecule has 1 nitrogen and oxygen atoms in total. The molecule has 0 saturated carbocycles. The van der Waals surface area contributed by atoms with Gasteiger partial charge >= 0.3 is 6.18 Å². The first kappa shape index (κ1) is 11.8. The summed E-state index contributed by atoms with van der Waals surface area (Å²) in [6.45, 7) is 1.69. The Kier molecular flexibility index (Phi) is 3.50. The van der Waals surface area contributed by atoms with E-state index in [9.17, 15) is 18.0 Å². The maximum atomic E-state index is 12.3. The fourth-order valence-electron chi connectivity index (χ4n) is 1.21. The first-order chi connectivity index (χ1) is 6.93. The summed E-state index contributed by atoms with van der Waals surface area (Å²) in [7, 11) is 0. The lowest BCUT2D eigenvalue weighted by Crippen LogP contribution is -2.07. The quantitative estimate of drug-likeness (QED) is 0.758. The molecule has 0 saturated heterocycles. The minimum atomic E-state index is -4.34. The Morgan fingerprint density at radius 1 is 1.33 bits per heavy atom. The maximum absolute atomic E-state index is 12.3. The average Bonchev–Trinajstić information content (AvgIpc) is 2.17. The second-order valence-corrected chi connectivity index (χ2v) is 3.27. The zero-order valence-electron chi connectivity index (χ0n) is 8.27. The van der Waals surface area contributed by atoms with Gasteiger partial charge in [-0.25, -0.2) is 0 Å². The first-order valence-electron chi connectivity index (χ1n) is 4.61. The zero-order valence-corrected chi connectivity index (χ0v) is 8.27. The molecule has 0 N–H and O–H groups in total. The molecule has 0 fully saturated rings. The van der Waals surface area contributed by atoms with Crippen molar-refractivity contribution in [1.82, 2.24) is 0 Å². The predicted octanol–water partition coefficient (Wildman–Crippen LogP) is 3.23. The van der Waals surface area contributed by atoms with Gasteiger partial charge in [-0.3, -0.25) is 4.79 Å². The van der Waals surface area contributed by atoms with Crippen molar-refractivity contribution in [3.63, 3.8) is 0 Å². The molecule has 0 heterocycles. The minimum Gasteiger partial charge on any atom is -0.299 e. The number of Topliss-reactive ketones (excluding diaryl/α,β-unsaturated/α-hetero) is 1. The fourth-order valence-corrected chi connectivity index (χ4v) is 1.21. The highest BCUT2D eigenvalue weighted by Crippen LogP contribution is 2.29. The van der Waals surface area contributed by atoms with Crippen molar-refractivity contribution in [2.75, 3.05) is 0 Å². The predicted molar refractivity (Wildman–Crippen MR) is 50.4 cm³/mol. The van der Waals surface area contributed by atoms with Crippen LogP contribution in [-0.2, 0) is 17.4 Å². The molecule has 4 heteroatoms. The Morgan fingerprint density at radius 2 is 2.00 bits per heavy atom. The van der Waals surface area contributed by atoms with Crippen LogP contribution in [0.3, 0.4) is 0 Å². The number of hydrogen-bond acceptors (Lipinski definition) is 1. The standard InChI is InChI=1S/C11H11F3O/c1-2-10(15)7-8-4-3-5-9(6-8)11(12,13)14/h3-6H,2,7H2,1H3. The third kappa shape index (κ3) is 3.38. The zero-order chi connectivity index (χ0) is 11.5. The van der Waals surface area contributed by atoms with Gasteiger partial charge in [0, 0.05) is 12.8 Å². The molecule has 0 unspecified atom stereocenters. The van der Waals surface area contributed by atoms with Crippen LogP contribution in [0.1, 0.15) is 24.5 Å². The third-order valence-corrected chi connectivity index (χ3v) is 2.05. The van der Waals surface area contributed by atoms with Crippen LogP contribution in [0.25, 0.3) is 0 Å². The number of ketones is 1. The van der Waals surface area contributed by atoms with Crippen LogP contribution in [-0.4, -0.2) is 5.78 Å². The average molecular weight is 216 g/mol. The Bertz CT molecular complexity index is 355. The summed E-state index contributed by atoms with van der Waals surface area (Å²) >= 11 is 0. The van der Waals surface area contributed by atoms with Gasteiger partial charge in [0.05, 0.1) is 5.56 Å². The SMILES string of the molecule is CCC(=O)Cc1cccc(C(F)(F)F)c1. The van der Waals surface area contributed by atoms with E-state index in [1.165, 1.54) is 12.1 Å². The lowest BCUT2D eigenvalue weighted by atomic mass is 10.0. The van der Waals surface area contributed by atoms with Gasteiger partial charge < -0.3 is 0 Å². The first-order valence-corrected chi connectivity index (χ1v) is 4.61. The molecule has 0 spiro atoms. The van der Waals surface area contributed by atoms with E-state index in [1.807, 2.05) is 0 Å². The van der Waals surface area contributed by atoms with Gasteiger partial charge in [0.25, 0.3) is 0 Å². The highest BCUT2D eigenvalue weighted by atomic mass is 19.4. The van der Waals surface area contributed by atoms with E-state index in [2.05, 4.69) is 0 Å². The second-order valence-electron chi connectivity index (χ2n) is 3.27. The number of alkyl halides is 3. The molecule has 0 bridgehead atoms. The van der Waals surface area contributed by atoms with Gasteiger partial charge in [0.1, 0.15) is 5.78 Å². The van der Waals surface area contributed by atoms with E-state index in [-0.39, 0.29) is 12.2 Å². The smallest absolute Gasteiger partial charge is 0.299 e. The monoisotopic (exact) mass is 216 g/mol. The van der Waals surface area contributed by atoms with Gasteiger partial charge in [0.15, 0.2) is 0 Å². The van der Waals surface area contributed by atoms with Gasteiger partial charge in [0.2, 0.25) is 0 Å². The summed E-state index contributed by atoms with van der Waals surface area (Å²) < 4.78 is 36.9. The highest BCUT2D eigenvalue weighted by Gasteiger charge is 2.30. The molecule has 0 amide bonds. The molecular formula is C11H11F3O. The van der Waals surface area contributed by atoms with Gasteiger partial charge in [-0.05, 0) is 11.6 Å². The summed E-state index contributed by atoms with van der Waals surface area (Å²) in [6.07, 6.45) is -3.93. The number of carbonyl (C=O) groups is 1. The van der Waals surface area contributed by atoms with Gasteiger partial charge in [-0.15, -0.1) is 0 Å². The highest BCUT2D eigenvalue weighted by molar-refractivity contribution is 5.80. The summed E-state index contributed by atoms with van der Waals surface area (Å²) in [5, 5.41) is 0.